The predicted octanol–water partition coefficient (Wildman–Crippen LogP) is 1.65. The Morgan fingerprint density at radius 3 is 2.24 bits per heavy atom. The summed E-state index contributed by atoms with van der Waals surface area (Å²) in [7, 11) is 6.53. The van der Waals surface area contributed by atoms with E-state index in [9.17, 15) is 20.1 Å². The van der Waals surface area contributed by atoms with E-state index in [-0.39, 0.29) is 24.0 Å². The molecule has 204 valence electrons. The number of aliphatic hydroxyl groups is 2. The van der Waals surface area contributed by atoms with Crippen LogP contribution in [0.15, 0.2) is 0 Å². The first-order chi connectivity index (χ1) is 18.2. The summed E-state index contributed by atoms with van der Waals surface area (Å²) in [5.41, 5.74) is 3.33. The van der Waals surface area contributed by atoms with Crippen LogP contribution in [0.25, 0.3) is 0 Å². The minimum atomic E-state index is -1.31. The average molecular weight is 529 g/mol. The lowest BCUT2D eigenvalue weighted by Crippen LogP contribution is -2.67. The van der Waals surface area contributed by atoms with Crippen molar-refractivity contribution in [2.75, 3.05) is 41.8 Å². The number of aliphatic hydroxyl groups excluding tert-OH is 2. The molecule has 4 aliphatic rings. The first-order valence-corrected chi connectivity index (χ1v) is 12.5. The van der Waals surface area contributed by atoms with Gasteiger partial charge in [0, 0.05) is 39.8 Å². The van der Waals surface area contributed by atoms with Gasteiger partial charge in [0.25, 0.3) is 0 Å². The summed E-state index contributed by atoms with van der Waals surface area (Å²) in [4.78, 5) is 17.6. The molecule has 0 aliphatic carbocycles. The van der Waals surface area contributed by atoms with Crippen LogP contribution in [-0.2, 0) is 11.2 Å². The maximum Gasteiger partial charge on any atom is 0.241 e. The zero-order valence-electron chi connectivity index (χ0n) is 22.2. The van der Waals surface area contributed by atoms with Gasteiger partial charge in [0.05, 0.1) is 52.1 Å². The summed E-state index contributed by atoms with van der Waals surface area (Å²) in [6, 6.07) is -2.89. The van der Waals surface area contributed by atoms with E-state index in [1.165, 1.54) is 0 Å². The summed E-state index contributed by atoms with van der Waals surface area (Å²) >= 11 is 0. The lowest BCUT2D eigenvalue weighted by Gasteiger charge is -2.58. The fourth-order valence-electron chi connectivity index (χ4n) is 7.12. The van der Waals surface area contributed by atoms with E-state index in [1.54, 1.807) is 33.2 Å². The Balaban J connectivity index is 1.66. The quantitative estimate of drug-likeness (QED) is 0.539. The van der Waals surface area contributed by atoms with Crippen molar-refractivity contribution in [2.45, 2.75) is 50.5 Å². The number of phenols is 1. The van der Waals surface area contributed by atoms with E-state index in [1.807, 2.05) is 18.9 Å². The van der Waals surface area contributed by atoms with E-state index in [0.29, 0.717) is 46.3 Å². The monoisotopic (exact) mass is 528 g/mol. The van der Waals surface area contributed by atoms with Gasteiger partial charge in [-0.3, -0.25) is 9.69 Å². The van der Waals surface area contributed by atoms with E-state index in [2.05, 4.69) is 0 Å². The topological polar surface area (TPSA) is 130 Å². The predicted molar refractivity (Wildman–Crippen MR) is 133 cm³/mol. The summed E-state index contributed by atoms with van der Waals surface area (Å²) in [6.45, 7) is 3.06. The molecule has 11 heteroatoms. The molecule has 5 atom stereocenters. The zero-order chi connectivity index (χ0) is 27.2. The highest BCUT2D eigenvalue weighted by atomic mass is 16.7. The van der Waals surface area contributed by atoms with Gasteiger partial charge in [-0.15, -0.1) is 0 Å². The third-order valence-electron chi connectivity index (χ3n) is 8.71. The van der Waals surface area contributed by atoms with Crippen LogP contribution in [0.5, 0.6) is 34.5 Å². The molecule has 0 radical (unpaired) electrons. The van der Waals surface area contributed by atoms with Crippen molar-refractivity contribution in [3.05, 3.63) is 33.4 Å². The molecular formula is C27H32N2O9. The zero-order valence-corrected chi connectivity index (χ0v) is 22.2. The van der Waals surface area contributed by atoms with Gasteiger partial charge in [0.15, 0.2) is 23.0 Å². The van der Waals surface area contributed by atoms with Crippen molar-refractivity contribution in [1.82, 2.24) is 9.80 Å². The largest absolute Gasteiger partial charge is 0.507 e. The number of methoxy groups -OCH3 is 3. The molecule has 2 aromatic carbocycles. The lowest BCUT2D eigenvalue weighted by atomic mass is 9.72. The number of ether oxygens (including phenoxy) is 5. The van der Waals surface area contributed by atoms with Crippen LogP contribution in [0.2, 0.25) is 0 Å². The molecular weight excluding hydrogens is 496 g/mol. The van der Waals surface area contributed by atoms with Gasteiger partial charge in [0.2, 0.25) is 12.7 Å². The number of hydrogen-bond donors (Lipinski definition) is 3. The van der Waals surface area contributed by atoms with Gasteiger partial charge >= 0.3 is 0 Å². The molecule has 3 N–H and O–H groups in total. The van der Waals surface area contributed by atoms with E-state index in [0.717, 1.165) is 16.7 Å². The number of carbonyl (C=O) groups is 1. The Morgan fingerprint density at radius 1 is 0.947 bits per heavy atom. The van der Waals surface area contributed by atoms with Crippen molar-refractivity contribution >= 4 is 5.91 Å². The summed E-state index contributed by atoms with van der Waals surface area (Å²) in [5.74, 6) is 1.90. The maximum absolute atomic E-state index is 14.2. The Bertz CT molecular complexity index is 1360. The Kier molecular flexibility index (Phi) is 5.60. The van der Waals surface area contributed by atoms with Crippen LogP contribution >= 0.6 is 0 Å². The standard InChI is InChI=1S/C27H32N2O9/c1-10-20(31)17-16(26-24(10)37-9-38-26)14(8-30)29-19(21(17)32)18-15-12(7-13(27(29)33)28(18)3)22(34-4)11(2)23(35-5)25(15)36-6/h13-14,18-19,21,30-32H,7-9H2,1-6H3/t13-,14-,18?,19?,21?/m0/s1. The van der Waals surface area contributed by atoms with Crippen molar-refractivity contribution < 1.29 is 43.8 Å². The minimum absolute atomic E-state index is 0.0603. The number of fused-ring (bicyclic) bond motifs is 9. The lowest BCUT2D eigenvalue weighted by molar-refractivity contribution is -0.168. The minimum Gasteiger partial charge on any atom is -0.507 e. The molecule has 0 saturated carbocycles. The molecule has 4 heterocycles. The van der Waals surface area contributed by atoms with E-state index < -0.39 is 36.9 Å². The molecule has 38 heavy (non-hydrogen) atoms. The third-order valence-corrected chi connectivity index (χ3v) is 8.71. The number of phenolic OH excluding ortho intramolecular Hbond substituents is 1. The molecule has 2 bridgehead atoms. The van der Waals surface area contributed by atoms with Crippen molar-refractivity contribution in [3.63, 3.8) is 0 Å². The normalized spacial score (nSPS) is 27.0. The van der Waals surface area contributed by atoms with Crippen LogP contribution in [0.3, 0.4) is 0 Å². The number of aromatic hydroxyl groups is 1. The van der Waals surface area contributed by atoms with Crippen LogP contribution in [0, 0.1) is 13.8 Å². The van der Waals surface area contributed by atoms with Gasteiger partial charge in [-0.1, -0.05) is 0 Å². The molecule has 11 nitrogen and oxygen atoms in total. The molecule has 2 aromatic rings. The highest BCUT2D eigenvalue weighted by Gasteiger charge is 2.59. The van der Waals surface area contributed by atoms with Crippen molar-refractivity contribution in [1.29, 1.82) is 0 Å². The Morgan fingerprint density at radius 2 is 1.61 bits per heavy atom. The van der Waals surface area contributed by atoms with Gasteiger partial charge < -0.3 is 43.9 Å². The van der Waals surface area contributed by atoms with Crippen molar-refractivity contribution in [3.8, 4) is 34.5 Å². The van der Waals surface area contributed by atoms with Gasteiger partial charge in [-0.25, -0.2) is 0 Å². The fourth-order valence-corrected chi connectivity index (χ4v) is 7.12. The second-order valence-corrected chi connectivity index (χ2v) is 10.2. The van der Waals surface area contributed by atoms with Gasteiger partial charge in [-0.2, -0.15) is 0 Å². The Labute approximate surface area is 220 Å². The van der Waals surface area contributed by atoms with Crippen LogP contribution in [0.4, 0.5) is 0 Å². The number of carbonyl (C=O) groups excluding carboxylic acids is 1. The van der Waals surface area contributed by atoms with Gasteiger partial charge in [-0.05, 0) is 20.9 Å². The van der Waals surface area contributed by atoms with E-state index in [4.69, 9.17) is 23.7 Å². The summed E-state index contributed by atoms with van der Waals surface area (Å²) in [6.07, 6.45) is -0.973. The van der Waals surface area contributed by atoms with Crippen LogP contribution in [0.1, 0.15) is 51.6 Å². The molecule has 4 aliphatic heterocycles. The van der Waals surface area contributed by atoms with Gasteiger partial charge in [0.1, 0.15) is 17.6 Å². The highest BCUT2D eigenvalue weighted by Crippen LogP contribution is 2.61. The molecule has 6 rings (SSSR count). The molecule has 0 aromatic heterocycles. The van der Waals surface area contributed by atoms with E-state index >= 15 is 0 Å². The fraction of sp³-hybridized carbons (Fsp3) is 0.519. The first-order valence-electron chi connectivity index (χ1n) is 12.5. The summed E-state index contributed by atoms with van der Waals surface area (Å²) in [5, 5.41) is 33.9. The number of nitrogens with zero attached hydrogens (tertiary/aromatic N) is 2. The number of hydrogen-bond acceptors (Lipinski definition) is 10. The maximum atomic E-state index is 14.2. The molecule has 1 amide bonds. The molecule has 0 spiro atoms. The second kappa shape index (κ2) is 8.55. The SMILES string of the molecule is COc1c(C)c(OC)c(OC)c2c1C[C@H]1C(=O)N3C(C(O)c4c(O)c(C)c5c(c4[C@@H]3CO)OCO5)C2N1C. The van der Waals surface area contributed by atoms with Crippen molar-refractivity contribution in [2.24, 2.45) is 0 Å². The number of benzene rings is 2. The number of amides is 1. The first kappa shape index (κ1) is 24.9. The molecule has 1 fully saturated rings. The third kappa shape index (κ3) is 2.86. The average Bonchev–Trinajstić information content (AvgIpc) is 3.39. The Hall–Kier alpha value is -3.41. The number of piperazine rings is 1. The molecule has 3 unspecified atom stereocenters. The second-order valence-electron chi connectivity index (χ2n) is 10.2. The molecule has 1 saturated heterocycles. The summed E-state index contributed by atoms with van der Waals surface area (Å²) < 4.78 is 28.8. The van der Waals surface area contributed by atoms with Crippen LogP contribution < -0.4 is 23.7 Å². The van der Waals surface area contributed by atoms with Crippen LogP contribution in [-0.4, -0.2) is 84.9 Å². The highest BCUT2D eigenvalue weighted by molar-refractivity contribution is 5.87. The smallest absolute Gasteiger partial charge is 0.241 e. The number of rotatable bonds is 4. The number of likely N-dealkylation sites (N-methyl/N-ethyl adjacent to an activating group) is 1.